The van der Waals surface area contributed by atoms with E-state index >= 15 is 0 Å². The van der Waals surface area contributed by atoms with Gasteiger partial charge in [0, 0.05) is 5.56 Å². The molecule has 1 aliphatic heterocycles. The van der Waals surface area contributed by atoms with Crippen LogP contribution in [0.5, 0.6) is 11.5 Å². The standard InChI is InChI=1S/C23H18N4O3/c24-13-15-4-6-16(7-5-15)18-2-1-3-21(26-18)27(25)22(28)23(10-11-23)17-8-9-19-20(12-17)30-14-29-19/h1-9,12H,10-11,14,25H2. The van der Waals surface area contributed by atoms with E-state index in [0.29, 0.717) is 41.4 Å². The predicted octanol–water partition coefficient (Wildman–Crippen LogP) is 3.29. The minimum absolute atomic E-state index is 0.189. The number of benzene rings is 2. The third-order valence-corrected chi connectivity index (χ3v) is 5.59. The van der Waals surface area contributed by atoms with E-state index in [2.05, 4.69) is 11.1 Å². The number of pyridine rings is 1. The first kappa shape index (κ1) is 18.2. The van der Waals surface area contributed by atoms with Crippen LogP contribution in [0.25, 0.3) is 11.3 Å². The number of hydrogen-bond acceptors (Lipinski definition) is 6. The Morgan fingerprint density at radius 3 is 2.57 bits per heavy atom. The molecule has 2 heterocycles. The molecule has 5 rings (SSSR count). The van der Waals surface area contributed by atoms with Crippen LogP contribution in [0, 0.1) is 11.3 Å². The molecule has 7 nitrogen and oxygen atoms in total. The van der Waals surface area contributed by atoms with Gasteiger partial charge in [0.15, 0.2) is 11.5 Å². The minimum Gasteiger partial charge on any atom is -0.454 e. The first-order valence-corrected chi connectivity index (χ1v) is 9.58. The zero-order chi connectivity index (χ0) is 20.7. The number of hydrazine groups is 1. The van der Waals surface area contributed by atoms with Gasteiger partial charge in [0.25, 0.3) is 5.91 Å². The number of hydrogen-bond donors (Lipinski definition) is 1. The lowest BCUT2D eigenvalue weighted by molar-refractivity contribution is -0.121. The Morgan fingerprint density at radius 2 is 1.83 bits per heavy atom. The minimum atomic E-state index is -0.665. The highest BCUT2D eigenvalue weighted by molar-refractivity contribution is 6.02. The van der Waals surface area contributed by atoms with Gasteiger partial charge in [-0.25, -0.2) is 15.8 Å². The van der Waals surface area contributed by atoms with Gasteiger partial charge in [-0.2, -0.15) is 5.26 Å². The van der Waals surface area contributed by atoms with Crippen molar-refractivity contribution in [2.45, 2.75) is 18.3 Å². The number of anilines is 1. The quantitative estimate of drug-likeness (QED) is 0.411. The van der Waals surface area contributed by atoms with Crippen LogP contribution in [0.4, 0.5) is 5.82 Å². The normalized spacial score (nSPS) is 15.3. The van der Waals surface area contributed by atoms with Crippen molar-refractivity contribution in [2.24, 2.45) is 5.84 Å². The Kier molecular flexibility index (Phi) is 4.16. The highest BCUT2D eigenvalue weighted by atomic mass is 16.7. The molecule has 148 valence electrons. The van der Waals surface area contributed by atoms with Gasteiger partial charge in [-0.1, -0.05) is 24.3 Å². The first-order valence-electron chi connectivity index (χ1n) is 9.58. The van der Waals surface area contributed by atoms with Crippen molar-refractivity contribution in [3.8, 4) is 28.8 Å². The Balaban J connectivity index is 1.42. The second-order valence-electron chi connectivity index (χ2n) is 7.40. The second kappa shape index (κ2) is 6.87. The molecule has 1 amide bonds. The molecule has 1 saturated carbocycles. The lowest BCUT2D eigenvalue weighted by atomic mass is 9.94. The Morgan fingerprint density at radius 1 is 1.07 bits per heavy atom. The fraction of sp³-hybridized carbons (Fsp3) is 0.174. The Hall–Kier alpha value is -3.89. The van der Waals surface area contributed by atoms with Crippen molar-refractivity contribution in [1.29, 1.82) is 5.26 Å². The maximum atomic E-state index is 13.3. The van der Waals surface area contributed by atoms with Crippen LogP contribution in [0.3, 0.4) is 0 Å². The third kappa shape index (κ3) is 2.95. The number of carbonyl (C=O) groups excluding carboxylic acids is 1. The Bertz CT molecular complexity index is 1180. The zero-order valence-electron chi connectivity index (χ0n) is 16.0. The zero-order valence-corrected chi connectivity index (χ0v) is 16.0. The van der Waals surface area contributed by atoms with E-state index in [1.54, 1.807) is 18.2 Å². The van der Waals surface area contributed by atoms with Gasteiger partial charge in [0.05, 0.1) is 22.7 Å². The molecule has 1 aliphatic carbocycles. The molecule has 0 radical (unpaired) electrons. The number of nitrogens with two attached hydrogens (primary N) is 1. The van der Waals surface area contributed by atoms with Gasteiger partial charge in [-0.05, 0) is 54.8 Å². The summed E-state index contributed by atoms with van der Waals surface area (Å²) in [4.78, 5) is 17.9. The molecule has 0 atom stereocenters. The van der Waals surface area contributed by atoms with E-state index in [-0.39, 0.29) is 12.7 Å². The molecule has 7 heteroatoms. The van der Waals surface area contributed by atoms with E-state index in [1.807, 2.05) is 42.5 Å². The fourth-order valence-electron chi connectivity index (χ4n) is 3.71. The fourth-order valence-corrected chi connectivity index (χ4v) is 3.71. The summed E-state index contributed by atoms with van der Waals surface area (Å²) in [5, 5.41) is 10.1. The summed E-state index contributed by atoms with van der Waals surface area (Å²) < 4.78 is 10.8. The van der Waals surface area contributed by atoms with Crippen molar-refractivity contribution in [2.75, 3.05) is 11.8 Å². The topological polar surface area (TPSA) is 101 Å². The smallest absolute Gasteiger partial charge is 0.253 e. The van der Waals surface area contributed by atoms with E-state index in [1.165, 1.54) is 0 Å². The SMILES string of the molecule is N#Cc1ccc(-c2cccc(N(N)C(=O)C3(c4ccc5c(c4)OCO5)CC3)n2)cc1. The van der Waals surface area contributed by atoms with Gasteiger partial charge in [0.1, 0.15) is 5.82 Å². The molecular formula is C23H18N4O3. The third-order valence-electron chi connectivity index (χ3n) is 5.59. The Labute approximate surface area is 173 Å². The average molecular weight is 398 g/mol. The number of carbonyl (C=O) groups is 1. The summed E-state index contributed by atoms with van der Waals surface area (Å²) in [7, 11) is 0. The van der Waals surface area contributed by atoms with Gasteiger partial charge in [0.2, 0.25) is 6.79 Å². The number of aromatic nitrogens is 1. The molecule has 3 aromatic rings. The van der Waals surface area contributed by atoms with Crippen LogP contribution in [0.2, 0.25) is 0 Å². The number of fused-ring (bicyclic) bond motifs is 1. The summed E-state index contributed by atoms with van der Waals surface area (Å²) in [5.41, 5.74) is 2.30. The number of nitriles is 1. The molecule has 0 spiro atoms. The van der Waals surface area contributed by atoms with Gasteiger partial charge in [-0.3, -0.25) is 4.79 Å². The molecule has 2 N–H and O–H groups in total. The number of ether oxygens (including phenoxy) is 2. The van der Waals surface area contributed by atoms with Crippen molar-refractivity contribution in [1.82, 2.24) is 4.98 Å². The van der Waals surface area contributed by atoms with Gasteiger partial charge in [-0.15, -0.1) is 0 Å². The molecule has 1 fully saturated rings. The summed E-state index contributed by atoms with van der Waals surface area (Å²) in [6, 6.07) is 20.1. The second-order valence-corrected chi connectivity index (χ2v) is 7.40. The summed E-state index contributed by atoms with van der Waals surface area (Å²) in [6.45, 7) is 0.189. The molecule has 0 bridgehead atoms. The summed E-state index contributed by atoms with van der Waals surface area (Å²) in [6.07, 6.45) is 1.43. The van der Waals surface area contributed by atoms with Crippen molar-refractivity contribution < 1.29 is 14.3 Å². The van der Waals surface area contributed by atoms with Gasteiger partial charge >= 0.3 is 0 Å². The van der Waals surface area contributed by atoms with Crippen LogP contribution in [-0.2, 0) is 10.2 Å². The largest absolute Gasteiger partial charge is 0.454 e. The molecule has 1 aromatic heterocycles. The highest BCUT2D eigenvalue weighted by Gasteiger charge is 2.53. The average Bonchev–Trinajstić information content (AvgIpc) is 3.48. The maximum Gasteiger partial charge on any atom is 0.253 e. The lowest BCUT2D eigenvalue weighted by Gasteiger charge is -2.23. The lowest BCUT2D eigenvalue weighted by Crippen LogP contribution is -2.44. The van der Waals surface area contributed by atoms with Crippen LogP contribution < -0.4 is 20.3 Å². The van der Waals surface area contributed by atoms with E-state index in [0.717, 1.165) is 16.1 Å². The maximum absolute atomic E-state index is 13.3. The van der Waals surface area contributed by atoms with E-state index in [4.69, 9.17) is 20.6 Å². The number of nitrogens with zero attached hydrogens (tertiary/aromatic N) is 3. The summed E-state index contributed by atoms with van der Waals surface area (Å²) >= 11 is 0. The summed E-state index contributed by atoms with van der Waals surface area (Å²) in [5.74, 6) is 7.73. The van der Waals surface area contributed by atoms with Crippen molar-refractivity contribution in [3.63, 3.8) is 0 Å². The van der Waals surface area contributed by atoms with E-state index in [9.17, 15) is 4.79 Å². The number of amides is 1. The van der Waals surface area contributed by atoms with Crippen molar-refractivity contribution >= 4 is 11.7 Å². The van der Waals surface area contributed by atoms with Crippen LogP contribution in [0.15, 0.2) is 60.7 Å². The molecule has 2 aromatic carbocycles. The van der Waals surface area contributed by atoms with E-state index < -0.39 is 5.41 Å². The molecule has 2 aliphatic rings. The van der Waals surface area contributed by atoms with Crippen LogP contribution >= 0.6 is 0 Å². The first-order chi connectivity index (χ1) is 14.6. The molecule has 0 saturated heterocycles. The molecule has 0 unspecified atom stereocenters. The van der Waals surface area contributed by atoms with Gasteiger partial charge < -0.3 is 9.47 Å². The predicted molar refractivity (Wildman–Crippen MR) is 110 cm³/mol. The number of rotatable bonds is 4. The monoisotopic (exact) mass is 398 g/mol. The van der Waals surface area contributed by atoms with Crippen molar-refractivity contribution in [3.05, 3.63) is 71.8 Å². The van der Waals surface area contributed by atoms with Crippen LogP contribution in [-0.4, -0.2) is 17.7 Å². The highest BCUT2D eigenvalue weighted by Crippen LogP contribution is 2.51. The molecular weight excluding hydrogens is 380 g/mol. The molecule has 30 heavy (non-hydrogen) atoms. The van der Waals surface area contributed by atoms with Crippen LogP contribution in [0.1, 0.15) is 24.0 Å².